The highest BCUT2D eigenvalue weighted by Crippen LogP contribution is 2.28. The molecular weight excluding hydrogens is 480 g/mol. The highest BCUT2D eigenvalue weighted by Gasteiger charge is 2.18. The number of hydrogen-bond donors (Lipinski definition) is 0. The van der Waals surface area contributed by atoms with Gasteiger partial charge in [-0.2, -0.15) is 10.2 Å². The van der Waals surface area contributed by atoms with Crippen molar-refractivity contribution in [1.82, 2.24) is 24.5 Å². The summed E-state index contributed by atoms with van der Waals surface area (Å²) in [5.74, 6) is 0.0131. The number of rotatable bonds is 8. The molecular formula is C18H18BrClN6O4. The number of halogens is 2. The second-order valence-electron chi connectivity index (χ2n) is 6.33. The molecule has 0 unspecified atom stereocenters. The van der Waals surface area contributed by atoms with Crippen LogP contribution < -0.4 is 4.74 Å². The minimum Gasteiger partial charge on any atom is -0.470 e. The van der Waals surface area contributed by atoms with E-state index in [0.717, 1.165) is 16.7 Å². The third-order valence-corrected chi connectivity index (χ3v) is 5.14. The van der Waals surface area contributed by atoms with Crippen molar-refractivity contribution in [2.45, 2.75) is 26.7 Å². The van der Waals surface area contributed by atoms with Gasteiger partial charge in [-0.25, -0.2) is 4.68 Å². The molecule has 3 aromatic rings. The zero-order valence-corrected chi connectivity index (χ0v) is 18.5. The Hall–Kier alpha value is -2.92. The van der Waals surface area contributed by atoms with Gasteiger partial charge >= 0.3 is 0 Å². The Morgan fingerprint density at radius 2 is 2.10 bits per heavy atom. The smallest absolute Gasteiger partial charge is 0.274 e. The average molecular weight is 498 g/mol. The molecule has 1 aromatic carbocycles. The standard InChI is InChI=1S/C18H18BrClN6O4/c1-3-24-9-13(19)16(22-24)10-23(2)18(27)15-6-7-25(21-15)11-30-17-5-4-12(26(28)29)8-14(17)20/h4-9H,3,10-11H2,1-2H3. The largest absolute Gasteiger partial charge is 0.470 e. The van der Waals surface area contributed by atoms with E-state index in [2.05, 4.69) is 26.1 Å². The minimum atomic E-state index is -0.539. The fraction of sp³-hybridized carbons (Fsp3) is 0.278. The first-order valence-electron chi connectivity index (χ1n) is 8.86. The Bertz CT molecular complexity index is 1080. The van der Waals surface area contributed by atoms with E-state index >= 15 is 0 Å². The molecule has 0 fully saturated rings. The Morgan fingerprint density at radius 1 is 1.33 bits per heavy atom. The average Bonchev–Trinajstić information content (AvgIpc) is 3.33. The number of amides is 1. The quantitative estimate of drug-likeness (QED) is 0.346. The maximum atomic E-state index is 12.7. The predicted molar refractivity (Wildman–Crippen MR) is 112 cm³/mol. The third kappa shape index (κ3) is 4.97. The summed E-state index contributed by atoms with van der Waals surface area (Å²) in [5.41, 5.74) is 0.878. The lowest BCUT2D eigenvalue weighted by Gasteiger charge is -2.14. The van der Waals surface area contributed by atoms with Gasteiger partial charge in [-0.3, -0.25) is 19.6 Å². The van der Waals surface area contributed by atoms with Gasteiger partial charge in [0.1, 0.15) is 5.75 Å². The number of carbonyl (C=O) groups excluding carboxylic acids is 1. The van der Waals surface area contributed by atoms with E-state index in [1.54, 1.807) is 24.0 Å². The maximum absolute atomic E-state index is 12.7. The van der Waals surface area contributed by atoms with E-state index in [1.807, 2.05) is 13.1 Å². The molecule has 0 aliphatic rings. The predicted octanol–water partition coefficient (Wildman–Crippen LogP) is 3.73. The van der Waals surface area contributed by atoms with Crippen LogP contribution in [0.1, 0.15) is 23.1 Å². The molecule has 12 heteroatoms. The molecule has 30 heavy (non-hydrogen) atoms. The second kappa shape index (κ2) is 9.26. The third-order valence-electron chi connectivity index (χ3n) is 4.18. The van der Waals surface area contributed by atoms with Crippen molar-refractivity contribution in [3.8, 4) is 5.75 Å². The molecule has 1 amide bonds. The molecule has 158 valence electrons. The molecule has 0 aliphatic carbocycles. The lowest BCUT2D eigenvalue weighted by Crippen LogP contribution is -2.27. The number of aryl methyl sites for hydroxylation is 1. The van der Waals surface area contributed by atoms with Crippen molar-refractivity contribution >= 4 is 39.1 Å². The number of carbonyl (C=O) groups is 1. The summed E-state index contributed by atoms with van der Waals surface area (Å²) in [5, 5.41) is 19.5. The summed E-state index contributed by atoms with van der Waals surface area (Å²) < 4.78 is 9.59. The molecule has 0 bridgehead atoms. The molecule has 0 spiro atoms. The summed E-state index contributed by atoms with van der Waals surface area (Å²) in [7, 11) is 1.67. The molecule has 0 saturated heterocycles. The Balaban J connectivity index is 1.62. The summed E-state index contributed by atoms with van der Waals surface area (Å²) in [6.07, 6.45) is 3.46. The van der Waals surface area contributed by atoms with Crippen LogP contribution in [-0.2, 0) is 19.8 Å². The molecule has 0 aliphatic heterocycles. The van der Waals surface area contributed by atoms with Crippen molar-refractivity contribution in [3.05, 3.63) is 67.7 Å². The van der Waals surface area contributed by atoms with Crippen LogP contribution >= 0.6 is 27.5 Å². The number of ether oxygens (including phenoxy) is 1. The van der Waals surface area contributed by atoms with E-state index in [-0.39, 0.29) is 34.8 Å². The zero-order chi connectivity index (χ0) is 21.8. The van der Waals surface area contributed by atoms with Crippen molar-refractivity contribution in [2.24, 2.45) is 0 Å². The number of non-ortho nitro benzene ring substituents is 1. The lowest BCUT2D eigenvalue weighted by atomic mass is 10.3. The summed E-state index contributed by atoms with van der Waals surface area (Å²) >= 11 is 9.46. The normalized spacial score (nSPS) is 10.8. The van der Waals surface area contributed by atoms with E-state index in [4.69, 9.17) is 16.3 Å². The van der Waals surface area contributed by atoms with Gasteiger partial charge in [0, 0.05) is 38.1 Å². The van der Waals surface area contributed by atoms with Crippen molar-refractivity contribution in [3.63, 3.8) is 0 Å². The van der Waals surface area contributed by atoms with Gasteiger partial charge in [-0.15, -0.1) is 0 Å². The summed E-state index contributed by atoms with van der Waals surface area (Å²) in [4.78, 5) is 24.4. The molecule has 0 N–H and O–H groups in total. The topological polar surface area (TPSA) is 108 Å². The Labute approximate surface area is 185 Å². The van der Waals surface area contributed by atoms with Crippen LogP contribution in [0.5, 0.6) is 5.75 Å². The number of benzene rings is 1. The van der Waals surface area contributed by atoms with Gasteiger partial charge in [-0.05, 0) is 35.0 Å². The highest BCUT2D eigenvalue weighted by atomic mass is 79.9. The van der Waals surface area contributed by atoms with Gasteiger partial charge in [0.2, 0.25) is 0 Å². The van der Waals surface area contributed by atoms with Crippen molar-refractivity contribution in [2.75, 3.05) is 7.05 Å². The first-order chi connectivity index (χ1) is 14.3. The van der Waals surface area contributed by atoms with Crippen LogP contribution in [0.4, 0.5) is 5.69 Å². The van der Waals surface area contributed by atoms with Gasteiger partial charge in [0.05, 0.1) is 26.7 Å². The molecule has 10 nitrogen and oxygen atoms in total. The van der Waals surface area contributed by atoms with Crippen molar-refractivity contribution < 1.29 is 14.5 Å². The van der Waals surface area contributed by atoms with Crippen LogP contribution in [-0.4, -0.2) is 42.3 Å². The lowest BCUT2D eigenvalue weighted by molar-refractivity contribution is -0.384. The number of nitro groups is 1. The van der Waals surface area contributed by atoms with Crippen LogP contribution in [0.2, 0.25) is 5.02 Å². The summed E-state index contributed by atoms with van der Waals surface area (Å²) in [6.45, 7) is 3.03. The number of nitro benzene ring substituents is 1. The van der Waals surface area contributed by atoms with Gasteiger partial charge in [0.15, 0.2) is 12.4 Å². The maximum Gasteiger partial charge on any atom is 0.274 e. The van der Waals surface area contributed by atoms with Crippen molar-refractivity contribution in [1.29, 1.82) is 0 Å². The van der Waals surface area contributed by atoms with Gasteiger partial charge in [-0.1, -0.05) is 11.6 Å². The van der Waals surface area contributed by atoms with Gasteiger partial charge in [0.25, 0.3) is 11.6 Å². The number of aromatic nitrogens is 4. The van der Waals surface area contributed by atoms with Crippen LogP contribution in [0.15, 0.2) is 41.1 Å². The fourth-order valence-electron chi connectivity index (χ4n) is 2.60. The van der Waals surface area contributed by atoms with Crippen LogP contribution in [0, 0.1) is 10.1 Å². The molecule has 0 atom stereocenters. The minimum absolute atomic E-state index is 0.0129. The number of nitrogens with zero attached hydrogens (tertiary/aromatic N) is 6. The molecule has 2 heterocycles. The monoisotopic (exact) mass is 496 g/mol. The SMILES string of the molecule is CCn1cc(Br)c(CN(C)C(=O)c2ccn(COc3ccc([N+](=O)[O-])cc3Cl)n2)n1. The molecule has 3 rings (SSSR count). The van der Waals surface area contributed by atoms with E-state index < -0.39 is 4.92 Å². The fourth-order valence-corrected chi connectivity index (χ4v) is 3.27. The Morgan fingerprint density at radius 3 is 2.73 bits per heavy atom. The van der Waals surface area contributed by atoms with E-state index in [9.17, 15) is 14.9 Å². The molecule has 0 saturated carbocycles. The van der Waals surface area contributed by atoms with Gasteiger partial charge < -0.3 is 9.64 Å². The molecule has 0 radical (unpaired) electrons. The van der Waals surface area contributed by atoms with Crippen LogP contribution in [0.25, 0.3) is 0 Å². The Kier molecular flexibility index (Phi) is 6.73. The van der Waals surface area contributed by atoms with Crippen LogP contribution in [0.3, 0.4) is 0 Å². The zero-order valence-electron chi connectivity index (χ0n) is 16.2. The summed E-state index contributed by atoms with van der Waals surface area (Å²) in [6, 6.07) is 5.50. The number of hydrogen-bond acceptors (Lipinski definition) is 6. The second-order valence-corrected chi connectivity index (χ2v) is 7.59. The molecule has 2 aromatic heterocycles. The first kappa shape index (κ1) is 21.8. The van der Waals surface area contributed by atoms with E-state index in [1.165, 1.54) is 27.8 Å². The first-order valence-corrected chi connectivity index (χ1v) is 10.0. The van der Waals surface area contributed by atoms with E-state index in [0.29, 0.717) is 6.54 Å². The highest BCUT2D eigenvalue weighted by molar-refractivity contribution is 9.10.